The van der Waals surface area contributed by atoms with Gasteiger partial charge in [-0.3, -0.25) is 19.4 Å². The largest absolute Gasteiger partial charge is 0.391 e. The fourth-order valence-corrected chi connectivity index (χ4v) is 9.71. The zero-order valence-electron chi connectivity index (χ0n) is 44.1. The lowest BCUT2D eigenvalue weighted by molar-refractivity contribution is 0.0311. The van der Waals surface area contributed by atoms with E-state index in [4.69, 9.17) is 10.5 Å². The molecule has 2 aliphatic heterocycles. The number of nitrogens with one attached hydrogen (secondary N) is 1. The van der Waals surface area contributed by atoms with Crippen molar-refractivity contribution in [1.29, 1.82) is 0 Å². The Morgan fingerprint density at radius 1 is 0.667 bits per heavy atom. The first-order chi connectivity index (χ1) is 37.8. The van der Waals surface area contributed by atoms with Crippen molar-refractivity contribution in [2.45, 2.75) is 65.0 Å². The molecule has 6 aromatic rings. The van der Waals surface area contributed by atoms with Crippen molar-refractivity contribution in [1.82, 2.24) is 49.5 Å². The number of hydrogen-bond acceptors (Lipinski definition) is 14. The van der Waals surface area contributed by atoms with Gasteiger partial charge in [0.05, 0.1) is 46.6 Å². The van der Waals surface area contributed by atoms with Crippen LogP contribution in [0.15, 0.2) is 73.6 Å². The number of piperazine rings is 2. The standard InChI is InChI=1S/C29H30F2N6O2.C29H32F2N6O2/c1-2-23-20(8-6-18-7-9-26(32)33-16-18)28(35-17-34-23)19-14-21(30)27(22(31)15-19)29(39)37-12-10-36(11-13-37)24-4-3-5-25(24)38;1-4-25-22(8-6-20-7-9-26(32-3)33-18-20)28(35-19-34-25)21-16-23(30)27(24(31)17-21)29(38)37-12-10-36(11-13-37)14-15-39-5-2/h7,9,14-17,24-25,38H,2-5,10-13H2,1H3,(H2,32,33);7,9,16-19H,4-5,10-15H2,1-3H3,(H,32,33). The average Bonchev–Trinajstić information content (AvgIpc) is 3.92. The minimum atomic E-state index is -0.957. The monoisotopic (exact) mass is 1070 g/mol. The summed E-state index contributed by atoms with van der Waals surface area (Å²) in [7, 11) is 1.78. The third kappa shape index (κ3) is 13.4. The maximum atomic E-state index is 15.3. The van der Waals surface area contributed by atoms with E-state index >= 15 is 17.6 Å². The molecule has 1 aliphatic carbocycles. The van der Waals surface area contributed by atoms with Gasteiger partial charge >= 0.3 is 0 Å². The quantitative estimate of drug-likeness (QED) is 0.0671. The van der Waals surface area contributed by atoms with Gasteiger partial charge in [-0.1, -0.05) is 37.5 Å². The molecule has 2 amide bonds. The molecule has 2 atom stereocenters. The highest BCUT2D eigenvalue weighted by atomic mass is 19.1. The van der Waals surface area contributed by atoms with Crippen molar-refractivity contribution in [2.24, 2.45) is 0 Å². The van der Waals surface area contributed by atoms with E-state index in [1.807, 2.05) is 26.8 Å². The summed E-state index contributed by atoms with van der Waals surface area (Å²) in [5.74, 6) is 8.07. The van der Waals surface area contributed by atoms with Crippen molar-refractivity contribution >= 4 is 23.5 Å². The Bertz CT molecular complexity index is 3170. The highest BCUT2D eigenvalue weighted by molar-refractivity contribution is 5.96. The number of ether oxygens (including phenoxy) is 1. The summed E-state index contributed by atoms with van der Waals surface area (Å²) in [5, 5.41) is 13.1. The first-order valence-corrected chi connectivity index (χ1v) is 26.2. The summed E-state index contributed by atoms with van der Waals surface area (Å²) >= 11 is 0. The van der Waals surface area contributed by atoms with Gasteiger partial charge in [0.15, 0.2) is 0 Å². The second-order valence-electron chi connectivity index (χ2n) is 18.8. The molecule has 0 radical (unpaired) electrons. The molecular weight excluding hydrogens is 1000 g/mol. The van der Waals surface area contributed by atoms with E-state index in [9.17, 15) is 14.7 Å². The lowest BCUT2D eigenvalue weighted by Gasteiger charge is -2.39. The second-order valence-corrected chi connectivity index (χ2v) is 18.8. The van der Waals surface area contributed by atoms with Crippen molar-refractivity contribution in [3.8, 4) is 46.2 Å². The Morgan fingerprint density at radius 3 is 1.59 bits per heavy atom. The minimum Gasteiger partial charge on any atom is -0.391 e. The molecular formula is C58H62F4N12O4. The van der Waals surface area contributed by atoms with Gasteiger partial charge in [0.25, 0.3) is 11.8 Å². The van der Waals surface area contributed by atoms with E-state index in [2.05, 4.69) is 68.7 Å². The molecule has 2 aromatic carbocycles. The Labute approximate surface area is 451 Å². The van der Waals surface area contributed by atoms with Gasteiger partial charge in [-0.2, -0.15) is 0 Å². The van der Waals surface area contributed by atoms with E-state index in [0.29, 0.717) is 129 Å². The zero-order valence-corrected chi connectivity index (χ0v) is 44.1. The number of benzene rings is 2. The van der Waals surface area contributed by atoms with Crippen LogP contribution >= 0.6 is 0 Å². The number of rotatable bonds is 12. The summed E-state index contributed by atoms with van der Waals surface area (Å²) in [6, 6.07) is 11.6. The van der Waals surface area contributed by atoms with Gasteiger partial charge in [0, 0.05) is 113 Å². The molecule has 78 heavy (non-hydrogen) atoms. The van der Waals surface area contributed by atoms with Crippen LogP contribution in [-0.2, 0) is 17.6 Å². The molecule has 2 unspecified atom stereocenters. The number of aromatic nitrogens is 6. The van der Waals surface area contributed by atoms with E-state index in [1.165, 1.54) is 28.7 Å². The number of halogens is 4. The number of aliphatic hydroxyl groups is 1. The number of hydrogen-bond donors (Lipinski definition) is 3. The third-order valence-electron chi connectivity index (χ3n) is 14.0. The van der Waals surface area contributed by atoms with Crippen LogP contribution in [0.25, 0.3) is 22.5 Å². The summed E-state index contributed by atoms with van der Waals surface area (Å²) in [6.45, 7) is 11.6. The van der Waals surface area contributed by atoms with Gasteiger partial charge in [0.2, 0.25) is 0 Å². The maximum absolute atomic E-state index is 15.3. The normalized spacial score (nSPS) is 16.6. The van der Waals surface area contributed by atoms with E-state index in [-0.39, 0.29) is 29.0 Å². The SMILES string of the molecule is CCOCCN1CCN(C(=O)c2c(F)cc(-c3ncnc(CC)c3C#Cc3ccc(NC)nc3)cc2F)CC1.CCc1ncnc(-c2cc(F)c(C(=O)N3CCN(C4CCCC4O)CC3)c(F)c2)c1C#Cc1ccc(N)nc1. The highest BCUT2D eigenvalue weighted by Gasteiger charge is 2.35. The summed E-state index contributed by atoms with van der Waals surface area (Å²) in [4.78, 5) is 59.0. The second kappa shape index (κ2) is 26.4. The van der Waals surface area contributed by atoms with Crippen LogP contribution < -0.4 is 11.1 Å². The van der Waals surface area contributed by atoms with Gasteiger partial charge in [-0.05, 0) is 87.6 Å². The number of aliphatic hydroxyl groups excluding tert-OH is 1. The number of pyridine rings is 2. The first-order valence-electron chi connectivity index (χ1n) is 26.2. The summed E-state index contributed by atoms with van der Waals surface area (Å²) in [6.07, 6.45) is 9.26. The van der Waals surface area contributed by atoms with Crippen molar-refractivity contribution < 1.29 is 37.0 Å². The Kier molecular flexibility index (Phi) is 19.1. The fraction of sp³-hybridized carbons (Fsp3) is 0.379. The number of nitrogens with two attached hydrogens (primary N) is 1. The number of nitrogen functional groups attached to an aromatic ring is 1. The smallest absolute Gasteiger partial charge is 0.259 e. The predicted molar refractivity (Wildman–Crippen MR) is 288 cm³/mol. The number of anilines is 2. The number of nitrogens with zero attached hydrogens (tertiary/aromatic N) is 10. The van der Waals surface area contributed by atoms with Crippen molar-refractivity contribution in [3.05, 3.63) is 142 Å². The predicted octanol–water partition coefficient (Wildman–Crippen LogP) is 6.65. The molecule has 9 rings (SSSR count). The van der Waals surface area contributed by atoms with Crippen molar-refractivity contribution in [3.63, 3.8) is 0 Å². The molecule has 1 saturated carbocycles. The molecule has 4 aromatic heterocycles. The molecule has 0 bridgehead atoms. The molecule has 16 nitrogen and oxygen atoms in total. The van der Waals surface area contributed by atoms with Crippen LogP contribution in [0.5, 0.6) is 0 Å². The van der Waals surface area contributed by atoms with E-state index < -0.39 is 46.2 Å². The minimum absolute atomic E-state index is 0.0875. The highest BCUT2D eigenvalue weighted by Crippen LogP contribution is 2.31. The summed E-state index contributed by atoms with van der Waals surface area (Å²) in [5.41, 5.74) is 8.89. The fourth-order valence-electron chi connectivity index (χ4n) is 9.71. The lowest BCUT2D eigenvalue weighted by Crippen LogP contribution is -2.53. The van der Waals surface area contributed by atoms with Crippen LogP contribution in [0.2, 0.25) is 0 Å². The Morgan fingerprint density at radius 2 is 1.17 bits per heavy atom. The number of carbonyl (C=O) groups is 2. The van der Waals surface area contributed by atoms with Crippen LogP contribution in [0.4, 0.5) is 29.2 Å². The van der Waals surface area contributed by atoms with Crippen LogP contribution in [0, 0.1) is 47.0 Å². The van der Waals surface area contributed by atoms with Gasteiger partial charge in [-0.25, -0.2) is 47.5 Å². The lowest BCUT2D eigenvalue weighted by atomic mass is 10.0. The van der Waals surface area contributed by atoms with Gasteiger partial charge < -0.3 is 30.7 Å². The molecule has 3 aliphatic rings. The average molecular weight is 1070 g/mol. The topological polar surface area (TPSA) is 192 Å². The van der Waals surface area contributed by atoms with Crippen LogP contribution in [-0.4, -0.2) is 158 Å². The van der Waals surface area contributed by atoms with Crippen LogP contribution in [0.3, 0.4) is 0 Å². The Balaban J connectivity index is 0.000000206. The molecule has 20 heteroatoms. The number of carbonyl (C=O) groups excluding carboxylic acids is 2. The van der Waals surface area contributed by atoms with Crippen molar-refractivity contribution in [2.75, 3.05) is 90.2 Å². The molecule has 2 saturated heterocycles. The first kappa shape index (κ1) is 56.3. The number of amides is 2. The number of aryl methyl sites for hydroxylation is 2. The third-order valence-corrected chi connectivity index (χ3v) is 14.0. The molecule has 3 fully saturated rings. The van der Waals surface area contributed by atoms with E-state index in [1.54, 1.807) is 31.4 Å². The Hall–Kier alpha value is -7.88. The molecule has 6 heterocycles. The molecule has 406 valence electrons. The maximum Gasteiger partial charge on any atom is 0.259 e. The summed E-state index contributed by atoms with van der Waals surface area (Å²) < 4.78 is 66.7. The van der Waals surface area contributed by atoms with Gasteiger partial charge in [-0.15, -0.1) is 0 Å². The zero-order chi connectivity index (χ0) is 55.3. The van der Waals surface area contributed by atoms with Gasteiger partial charge in [0.1, 0.15) is 58.7 Å². The molecule has 4 N–H and O–H groups in total. The van der Waals surface area contributed by atoms with E-state index in [0.717, 1.165) is 50.1 Å². The molecule has 0 spiro atoms. The van der Waals surface area contributed by atoms with Crippen LogP contribution in [0.1, 0.15) is 94.4 Å².